The van der Waals surface area contributed by atoms with E-state index in [4.69, 9.17) is 14.6 Å². The highest BCUT2D eigenvalue weighted by Crippen LogP contribution is 2.37. The average Bonchev–Trinajstić information content (AvgIpc) is 2.99. The molecule has 1 heterocycles. The first-order valence-corrected chi connectivity index (χ1v) is 8.36. The molecule has 0 aliphatic rings. The van der Waals surface area contributed by atoms with Crippen LogP contribution in [0.25, 0.3) is 10.9 Å². The third-order valence-electron chi connectivity index (χ3n) is 4.28. The number of ether oxygens (including phenoxy) is 2. The Kier molecular flexibility index (Phi) is 5.03. The summed E-state index contributed by atoms with van der Waals surface area (Å²) in [6.07, 6.45) is 0.565. The van der Waals surface area contributed by atoms with E-state index < -0.39 is 5.97 Å². The number of benzene rings is 2. The Morgan fingerprint density at radius 1 is 1.11 bits per heavy atom. The largest absolute Gasteiger partial charge is 0.494 e. The predicted molar refractivity (Wildman–Crippen MR) is 103 cm³/mol. The number of H-pyrrole nitrogens is 1. The maximum atomic E-state index is 11.0. The van der Waals surface area contributed by atoms with E-state index in [9.17, 15) is 9.90 Å². The number of fused-ring (bicyclic) bond motifs is 1. The Hall–Kier alpha value is -3.48. The van der Waals surface area contributed by atoms with Crippen LogP contribution in [0.2, 0.25) is 0 Å². The van der Waals surface area contributed by atoms with E-state index in [1.807, 2.05) is 6.92 Å². The summed E-state index contributed by atoms with van der Waals surface area (Å²) in [6.45, 7) is 1.93. The van der Waals surface area contributed by atoms with Gasteiger partial charge in [-0.25, -0.2) is 4.79 Å². The number of carboxylic acids is 1. The molecule has 0 fully saturated rings. The molecule has 27 heavy (non-hydrogen) atoms. The molecule has 0 bridgehead atoms. The molecule has 1 aromatic heterocycles. The number of hydrogen-bond acceptors (Lipinski definition) is 5. The maximum Gasteiger partial charge on any atom is 0.335 e. The fourth-order valence-corrected chi connectivity index (χ4v) is 2.95. The van der Waals surface area contributed by atoms with Crippen LogP contribution < -0.4 is 9.47 Å². The Morgan fingerprint density at radius 2 is 1.74 bits per heavy atom. The first-order chi connectivity index (χ1) is 13.0. The molecule has 0 saturated carbocycles. The number of rotatable bonds is 6. The number of nitrogens with zero attached hydrogens (tertiary/aromatic N) is 1. The van der Waals surface area contributed by atoms with Crippen molar-refractivity contribution in [3.05, 3.63) is 47.5 Å². The van der Waals surface area contributed by atoms with E-state index in [1.54, 1.807) is 38.5 Å². The topological polar surface area (TPSA) is 104 Å². The van der Waals surface area contributed by atoms with Crippen molar-refractivity contribution in [3.63, 3.8) is 0 Å². The second-order valence-corrected chi connectivity index (χ2v) is 5.87. The van der Waals surface area contributed by atoms with Gasteiger partial charge in [0.2, 0.25) is 0 Å². The van der Waals surface area contributed by atoms with Crippen molar-refractivity contribution >= 4 is 28.3 Å². The van der Waals surface area contributed by atoms with Gasteiger partial charge in [-0.15, -0.1) is 0 Å². The van der Waals surface area contributed by atoms with Crippen molar-refractivity contribution < 1.29 is 24.5 Å². The van der Waals surface area contributed by atoms with Gasteiger partial charge >= 0.3 is 5.97 Å². The lowest BCUT2D eigenvalue weighted by atomic mass is 10.1. The van der Waals surface area contributed by atoms with Crippen LogP contribution in [-0.4, -0.2) is 41.1 Å². The number of carbonyl (C=O) groups is 1. The Balaban J connectivity index is 2.13. The zero-order valence-corrected chi connectivity index (χ0v) is 15.2. The van der Waals surface area contributed by atoms with Crippen molar-refractivity contribution in [2.24, 2.45) is 4.99 Å². The molecule has 3 N–H and O–H groups in total. The lowest BCUT2D eigenvalue weighted by Gasteiger charge is -2.09. The summed E-state index contributed by atoms with van der Waals surface area (Å²) in [6, 6.07) is 9.81. The van der Waals surface area contributed by atoms with Crippen LogP contribution in [0.4, 0.5) is 5.69 Å². The van der Waals surface area contributed by atoms with E-state index in [0.29, 0.717) is 40.4 Å². The van der Waals surface area contributed by atoms with Crippen LogP contribution in [-0.2, 0) is 0 Å². The molecule has 3 aromatic rings. The second kappa shape index (κ2) is 7.41. The van der Waals surface area contributed by atoms with Crippen LogP contribution in [0, 0.1) is 0 Å². The average molecular weight is 368 g/mol. The summed E-state index contributed by atoms with van der Waals surface area (Å²) < 4.78 is 10.7. The third-order valence-corrected chi connectivity index (χ3v) is 4.28. The number of aromatic amines is 1. The van der Waals surface area contributed by atoms with Crippen LogP contribution in [0.15, 0.2) is 41.4 Å². The smallest absolute Gasteiger partial charge is 0.335 e. The number of aromatic carboxylic acids is 1. The Bertz CT molecular complexity index is 1020. The normalized spacial score (nSPS) is 11.6. The number of aliphatic imine (C=N–C) groups is 1. The van der Waals surface area contributed by atoms with Crippen LogP contribution in [0.3, 0.4) is 0 Å². The number of methoxy groups -OCH3 is 2. The number of carboxylic acid groups (broad SMARTS) is 1. The molecular weight excluding hydrogens is 348 g/mol. The number of aromatic nitrogens is 1. The van der Waals surface area contributed by atoms with Crippen molar-refractivity contribution in [3.8, 4) is 17.4 Å². The van der Waals surface area contributed by atoms with Gasteiger partial charge in [-0.2, -0.15) is 0 Å². The third kappa shape index (κ3) is 3.44. The highest BCUT2D eigenvalue weighted by atomic mass is 16.5. The highest BCUT2D eigenvalue weighted by molar-refractivity contribution is 6.14. The summed E-state index contributed by atoms with van der Waals surface area (Å²) >= 11 is 0. The predicted octanol–water partition coefficient (Wildman–Crippen LogP) is 4.12. The fraction of sp³-hybridized carbons (Fsp3) is 0.200. The molecule has 3 rings (SSSR count). The molecule has 0 amide bonds. The first-order valence-electron chi connectivity index (χ1n) is 8.36. The monoisotopic (exact) mass is 368 g/mol. The van der Waals surface area contributed by atoms with Gasteiger partial charge in [0, 0.05) is 11.5 Å². The van der Waals surface area contributed by atoms with Crippen LogP contribution >= 0.6 is 0 Å². The van der Waals surface area contributed by atoms with Gasteiger partial charge in [0.25, 0.3) is 0 Å². The molecule has 0 unspecified atom stereocenters. The molecule has 0 saturated heterocycles. The lowest BCUT2D eigenvalue weighted by molar-refractivity contribution is 0.0697. The Morgan fingerprint density at radius 3 is 2.30 bits per heavy atom. The summed E-state index contributed by atoms with van der Waals surface area (Å²) in [5.41, 5.74) is 2.73. The van der Waals surface area contributed by atoms with E-state index in [1.165, 1.54) is 12.1 Å². The molecule has 0 atom stereocenters. The van der Waals surface area contributed by atoms with Gasteiger partial charge < -0.3 is 24.7 Å². The van der Waals surface area contributed by atoms with Gasteiger partial charge in [-0.05, 0) is 36.8 Å². The van der Waals surface area contributed by atoms with Gasteiger partial charge in [0.05, 0.1) is 42.3 Å². The Labute approximate surface area is 155 Å². The van der Waals surface area contributed by atoms with Gasteiger partial charge in [-0.3, -0.25) is 4.99 Å². The molecule has 7 heteroatoms. The summed E-state index contributed by atoms with van der Waals surface area (Å²) in [4.78, 5) is 18.5. The standard InChI is InChI=1S/C20H20N2O5/c1-4-14(21-12-7-5-11(6-8-12)20(24)25)18-13-9-16(26-2)17(27-3)10-15(13)22-19(18)23/h5-10,22-23H,4H2,1-3H3,(H,24,25). The van der Waals surface area contributed by atoms with E-state index in [0.717, 1.165) is 5.39 Å². The van der Waals surface area contributed by atoms with Crippen molar-refractivity contribution in [2.75, 3.05) is 14.2 Å². The maximum absolute atomic E-state index is 11.0. The zero-order valence-electron chi connectivity index (χ0n) is 15.2. The van der Waals surface area contributed by atoms with E-state index in [2.05, 4.69) is 9.98 Å². The second-order valence-electron chi connectivity index (χ2n) is 5.87. The van der Waals surface area contributed by atoms with Crippen LogP contribution in [0.1, 0.15) is 29.3 Å². The van der Waals surface area contributed by atoms with Crippen molar-refractivity contribution in [1.82, 2.24) is 4.98 Å². The summed E-state index contributed by atoms with van der Waals surface area (Å²) in [5.74, 6) is 0.114. The molecule has 0 radical (unpaired) electrons. The zero-order chi connectivity index (χ0) is 19.6. The van der Waals surface area contributed by atoms with Gasteiger partial charge in [0.15, 0.2) is 17.4 Å². The van der Waals surface area contributed by atoms with Gasteiger partial charge in [0.1, 0.15) is 0 Å². The molecule has 0 spiro atoms. The number of nitrogens with one attached hydrogen (secondary N) is 1. The summed E-state index contributed by atoms with van der Waals surface area (Å²) in [7, 11) is 3.10. The first kappa shape index (κ1) is 18.3. The molecule has 2 aromatic carbocycles. The number of hydrogen-bond donors (Lipinski definition) is 3. The van der Waals surface area contributed by atoms with E-state index >= 15 is 0 Å². The molecule has 0 aliphatic heterocycles. The minimum atomic E-state index is -0.989. The molecule has 140 valence electrons. The van der Waals surface area contributed by atoms with Crippen molar-refractivity contribution in [2.45, 2.75) is 13.3 Å². The van der Waals surface area contributed by atoms with Crippen LogP contribution in [0.5, 0.6) is 17.4 Å². The van der Waals surface area contributed by atoms with E-state index in [-0.39, 0.29) is 11.4 Å². The quantitative estimate of drug-likeness (QED) is 0.568. The molecule has 7 nitrogen and oxygen atoms in total. The minimum Gasteiger partial charge on any atom is -0.494 e. The highest BCUT2D eigenvalue weighted by Gasteiger charge is 2.18. The van der Waals surface area contributed by atoms with Gasteiger partial charge in [-0.1, -0.05) is 6.92 Å². The van der Waals surface area contributed by atoms with Crippen molar-refractivity contribution in [1.29, 1.82) is 0 Å². The molecule has 0 aliphatic carbocycles. The number of aromatic hydroxyl groups is 1. The molecular formula is C20H20N2O5. The fourth-order valence-electron chi connectivity index (χ4n) is 2.95. The minimum absolute atomic E-state index is 0.00284. The SMILES string of the molecule is CCC(=Nc1ccc(C(=O)O)cc1)c1c(O)[nH]c2cc(OC)c(OC)cc12. The lowest BCUT2D eigenvalue weighted by Crippen LogP contribution is -1.99. The summed E-state index contributed by atoms with van der Waals surface area (Å²) in [5, 5.41) is 20.2.